The first-order chi connectivity index (χ1) is 25.8. The summed E-state index contributed by atoms with van der Waals surface area (Å²) in [6.45, 7) is 14.6. The van der Waals surface area contributed by atoms with Crippen LogP contribution in [-0.2, 0) is 33.2 Å². The molecule has 0 spiro atoms. The third-order valence-electron chi connectivity index (χ3n) is 9.14. The Kier molecular flexibility index (Phi) is 14.7. The van der Waals surface area contributed by atoms with E-state index in [1.54, 1.807) is 26.1 Å². The van der Waals surface area contributed by atoms with Crippen molar-refractivity contribution in [2.75, 3.05) is 7.15 Å². The molecule has 8 atom stereocenters. The van der Waals surface area contributed by atoms with Gasteiger partial charge < -0.3 is 33.5 Å². The topological polar surface area (TPSA) is 151 Å². The number of halogens is 6. The zero-order valence-corrected chi connectivity index (χ0v) is 35.9. The molecule has 13 nitrogen and oxygen atoms in total. The van der Waals surface area contributed by atoms with Gasteiger partial charge in [0.05, 0.1) is 32.2 Å². The van der Waals surface area contributed by atoms with Crippen LogP contribution in [0.15, 0.2) is 62.5 Å². The number of hydrogen-bond acceptors (Lipinski definition) is 11. The molecule has 0 unspecified atom stereocenters. The second-order valence-corrected chi connectivity index (χ2v) is 15.8. The van der Waals surface area contributed by atoms with Gasteiger partial charge in [0.2, 0.25) is 0 Å². The summed E-state index contributed by atoms with van der Waals surface area (Å²) in [5.74, 6) is -1.62. The Morgan fingerprint density at radius 2 is 1.44 bits per heavy atom. The van der Waals surface area contributed by atoms with Gasteiger partial charge in [0.1, 0.15) is 40.6 Å². The van der Waals surface area contributed by atoms with Gasteiger partial charge in [-0.05, 0) is 52.3 Å². The zero-order chi connectivity index (χ0) is 40.5. The Hall–Kier alpha value is -1.59. The van der Waals surface area contributed by atoms with Crippen molar-refractivity contribution in [1.29, 1.82) is 0 Å². The van der Waals surface area contributed by atoms with E-state index < -0.39 is 52.7 Å². The standard InChI is InChI=1S/C16H18ClN3O2.C11H15F3O5S.C6H3ClN3.CH3F.K/c1-4-9-7-11(13-12(9)21-16(2,3)22-13)20-6-5-10-14(17)18-8-19-15(10)20;1-4-6-5-7(19-20(15,16)11(12,13)14)9-8(6)17-10(2,3)18-9;7-5-4-1-2-8-6(4)10-3-9-5;1-2;/h4-6,8-9,11-13H,1,7H2,2-3H3;4,6-9H,1,5H2,2-3H3;1-3H;1H3;/q;;-1;;+1/t9-,11+,12+,13-;6-,7-,8+,9-;;;/m00.../s1/i;;;1D;. The smallest absolute Gasteiger partial charge is 0.442 e. The Morgan fingerprint density at radius 1 is 0.909 bits per heavy atom. The SMILES string of the molecule is C=C[C@H]1C[C@@H](n2ccc3c(Cl)ncnc32)[C@@H]2OC(C)(C)O[C@@H]21.C=C[C@H]1C[C@H](OS(=O)(=O)C(F)(F)F)[C@@H]2OC(C)(C)O[C@@H]21.Clc1ncnc2[n-]ccc12.[2H]CF.[K+]. The second-order valence-electron chi connectivity index (χ2n) is 13.5. The van der Waals surface area contributed by atoms with Crippen LogP contribution in [0.1, 0.15) is 47.9 Å². The fourth-order valence-electron chi connectivity index (χ4n) is 7.01. The molecule has 4 aromatic rings. The van der Waals surface area contributed by atoms with Crippen LogP contribution in [0.4, 0.5) is 17.6 Å². The largest absolute Gasteiger partial charge is 1.00 e. The number of nitrogens with zero attached hydrogens (tertiary/aromatic N) is 6. The van der Waals surface area contributed by atoms with E-state index in [0.717, 1.165) is 22.8 Å². The summed E-state index contributed by atoms with van der Waals surface area (Å²) < 4.78 is 104. The molecular weight excluding hydrogens is 822 g/mol. The molecule has 2 aliphatic carbocycles. The number of aromatic nitrogens is 6. The van der Waals surface area contributed by atoms with E-state index >= 15 is 0 Å². The number of fused-ring (bicyclic) bond motifs is 4. The van der Waals surface area contributed by atoms with E-state index in [1.165, 1.54) is 18.7 Å². The van der Waals surface area contributed by atoms with Gasteiger partial charge in [-0.25, -0.2) is 15.0 Å². The molecule has 0 aromatic carbocycles. The fraction of sp³-hybridized carbons (Fsp3) is 0.529. The molecule has 0 bridgehead atoms. The molecule has 2 aliphatic heterocycles. The summed E-state index contributed by atoms with van der Waals surface area (Å²) in [4.78, 5) is 20.1. The van der Waals surface area contributed by atoms with Crippen LogP contribution in [0.3, 0.4) is 0 Å². The maximum absolute atomic E-state index is 12.4. The van der Waals surface area contributed by atoms with Crippen LogP contribution < -0.4 is 56.4 Å². The maximum Gasteiger partial charge on any atom is 1.00 e. The molecule has 4 fully saturated rings. The summed E-state index contributed by atoms with van der Waals surface area (Å²) in [5, 5.41) is 2.61. The van der Waals surface area contributed by atoms with Gasteiger partial charge in [-0.1, -0.05) is 47.6 Å². The molecule has 2 saturated heterocycles. The van der Waals surface area contributed by atoms with Crippen LogP contribution in [0.25, 0.3) is 22.1 Å². The molecule has 6 heterocycles. The average molecular weight is 863 g/mol. The minimum atomic E-state index is -5.66. The summed E-state index contributed by atoms with van der Waals surface area (Å²) in [5.41, 5.74) is -3.97. The van der Waals surface area contributed by atoms with Gasteiger partial charge in [-0.3, -0.25) is 8.57 Å². The van der Waals surface area contributed by atoms with Crippen LogP contribution in [-0.4, -0.2) is 87.7 Å². The van der Waals surface area contributed by atoms with Crippen molar-refractivity contribution >= 4 is 55.4 Å². The van der Waals surface area contributed by atoms with E-state index in [1.807, 2.05) is 32.2 Å². The van der Waals surface area contributed by atoms with Crippen molar-refractivity contribution in [2.45, 2.75) is 94.2 Å². The van der Waals surface area contributed by atoms with Crippen LogP contribution >= 0.6 is 23.2 Å². The monoisotopic (exact) mass is 861 g/mol. The molecule has 8 rings (SSSR count). The third kappa shape index (κ3) is 10.00. The number of ether oxygens (including phenoxy) is 4. The molecule has 0 N–H and O–H groups in total. The van der Waals surface area contributed by atoms with E-state index in [0.29, 0.717) is 16.0 Å². The first kappa shape index (κ1) is 44.5. The molecule has 21 heteroatoms. The minimum Gasteiger partial charge on any atom is -0.442 e. The van der Waals surface area contributed by atoms with E-state index in [9.17, 15) is 26.0 Å². The Balaban J connectivity index is 0.000000188. The van der Waals surface area contributed by atoms with Crippen molar-refractivity contribution in [2.24, 2.45) is 11.8 Å². The van der Waals surface area contributed by atoms with Gasteiger partial charge in [0.15, 0.2) is 11.6 Å². The predicted molar refractivity (Wildman–Crippen MR) is 191 cm³/mol. The normalized spacial score (nSPS) is 28.9. The van der Waals surface area contributed by atoms with Crippen LogP contribution in [0, 0.1) is 11.8 Å². The Bertz CT molecular complexity index is 2100. The van der Waals surface area contributed by atoms with Gasteiger partial charge in [-0.2, -0.15) is 21.6 Å². The van der Waals surface area contributed by atoms with Crippen LogP contribution in [0.2, 0.25) is 10.3 Å². The number of hydrogen-bond donors (Lipinski definition) is 0. The third-order valence-corrected chi connectivity index (χ3v) is 10.8. The van der Waals surface area contributed by atoms with Gasteiger partial charge in [-0.15, -0.1) is 13.2 Å². The second kappa shape index (κ2) is 18.1. The minimum absolute atomic E-state index is 0. The Labute approximate surface area is 369 Å². The number of alkyl halides is 4. The Morgan fingerprint density at radius 3 is 2.02 bits per heavy atom. The molecule has 4 aliphatic rings. The summed E-state index contributed by atoms with van der Waals surface area (Å²) in [6, 6.07) is 3.89. The average Bonchev–Trinajstić information content (AvgIpc) is 3.94. The molecule has 0 amide bonds. The van der Waals surface area contributed by atoms with Crippen molar-refractivity contribution in [3.8, 4) is 0 Å². The zero-order valence-electron chi connectivity index (χ0n) is 31.5. The van der Waals surface area contributed by atoms with Crippen molar-refractivity contribution in [3.63, 3.8) is 0 Å². The van der Waals surface area contributed by atoms with E-state index in [4.69, 9.17) is 43.5 Å². The van der Waals surface area contributed by atoms with E-state index in [2.05, 4.69) is 46.8 Å². The summed E-state index contributed by atoms with van der Waals surface area (Å²) in [7, 11) is -6.66. The maximum atomic E-state index is 12.4. The first-order valence-corrected chi connectivity index (χ1v) is 18.6. The van der Waals surface area contributed by atoms with E-state index in [-0.39, 0.29) is 87.9 Å². The van der Waals surface area contributed by atoms with Crippen molar-refractivity contribution < 1.29 is 102 Å². The molecule has 296 valence electrons. The van der Waals surface area contributed by atoms with Gasteiger partial charge >= 0.3 is 67.0 Å². The number of rotatable bonds is 5. The summed E-state index contributed by atoms with van der Waals surface area (Å²) >= 11 is 11.9. The van der Waals surface area contributed by atoms with Crippen molar-refractivity contribution in [3.05, 3.63) is 72.8 Å². The molecular formula is C34H39Cl2F4KN6O7S. The fourth-order valence-corrected chi connectivity index (χ4v) is 8.02. The van der Waals surface area contributed by atoms with Gasteiger partial charge in [0.25, 0.3) is 0 Å². The molecule has 4 aromatic heterocycles. The quantitative estimate of drug-likeness (QED) is 0.0710. The van der Waals surface area contributed by atoms with Gasteiger partial charge in [0, 0.05) is 29.7 Å². The molecule has 0 radical (unpaired) electrons. The van der Waals surface area contributed by atoms with Crippen LogP contribution in [0.5, 0.6) is 0 Å². The molecule has 55 heavy (non-hydrogen) atoms. The first-order valence-electron chi connectivity index (χ1n) is 17.1. The molecule has 2 saturated carbocycles. The predicted octanol–water partition coefficient (Wildman–Crippen LogP) is 4.13. The summed E-state index contributed by atoms with van der Waals surface area (Å²) in [6.07, 6.45) is 8.35. The van der Waals surface area contributed by atoms with Crippen molar-refractivity contribution in [1.82, 2.24) is 29.5 Å².